The van der Waals surface area contributed by atoms with E-state index in [-0.39, 0.29) is 30.2 Å². The average molecular weight is 438 g/mol. The summed E-state index contributed by atoms with van der Waals surface area (Å²) in [6.07, 6.45) is 1.06. The highest BCUT2D eigenvalue weighted by molar-refractivity contribution is 7.87. The van der Waals surface area contributed by atoms with Crippen LogP contribution in [0.5, 0.6) is 0 Å². The Morgan fingerprint density at radius 3 is 2.40 bits per heavy atom. The molecule has 3 rings (SSSR count). The highest BCUT2D eigenvalue weighted by Crippen LogP contribution is 2.26. The van der Waals surface area contributed by atoms with Crippen LogP contribution in [0.2, 0.25) is 0 Å². The van der Waals surface area contributed by atoms with Crippen LogP contribution in [-0.2, 0) is 10.2 Å². The number of benzene rings is 1. The molecule has 2 heterocycles. The first-order chi connectivity index (χ1) is 13.7. The van der Waals surface area contributed by atoms with Gasteiger partial charge in [0.25, 0.3) is 5.91 Å². The molecular formula is C17H22N6O6S. The second-order valence-electron chi connectivity index (χ2n) is 6.28. The van der Waals surface area contributed by atoms with Crippen LogP contribution in [0, 0.1) is 0 Å². The quantitative estimate of drug-likeness (QED) is 0.395. The van der Waals surface area contributed by atoms with Crippen LogP contribution in [0.15, 0.2) is 36.5 Å². The maximum absolute atomic E-state index is 12.2. The van der Waals surface area contributed by atoms with Crippen molar-refractivity contribution in [3.05, 3.63) is 47.8 Å². The number of nitrogens with zero attached hydrogens (tertiary/aromatic N) is 2. The standard InChI is InChI=1S/C17H19N5O6S.H3N/c18-29(27,28)22-8-5-13(14(22)16(24)25)11-1-3-12(4-2-11)15(23)19-6-9-21-10-7-20-17(21)26;/h1-5,8H,6-7,9-10H2,(H,19,23)(H,20,26)(H,24,25)(H2,18,27,28);1H3. The van der Waals surface area contributed by atoms with Crippen LogP contribution >= 0.6 is 0 Å². The molecule has 1 fully saturated rings. The Morgan fingerprint density at radius 1 is 1.20 bits per heavy atom. The Bertz CT molecular complexity index is 1060. The Kier molecular flexibility index (Phi) is 6.81. The molecular weight excluding hydrogens is 416 g/mol. The van der Waals surface area contributed by atoms with E-state index in [1.807, 2.05) is 0 Å². The van der Waals surface area contributed by atoms with Crippen molar-refractivity contribution in [2.75, 3.05) is 26.2 Å². The molecule has 0 saturated carbocycles. The van der Waals surface area contributed by atoms with E-state index in [1.54, 1.807) is 4.90 Å². The summed E-state index contributed by atoms with van der Waals surface area (Å²) in [5.41, 5.74) is 0.407. The van der Waals surface area contributed by atoms with Crippen molar-refractivity contribution in [3.8, 4) is 11.1 Å². The van der Waals surface area contributed by atoms with Gasteiger partial charge in [-0.2, -0.15) is 8.42 Å². The number of nitrogens with two attached hydrogens (primary N) is 1. The summed E-state index contributed by atoms with van der Waals surface area (Å²) in [6, 6.07) is 7.17. The van der Waals surface area contributed by atoms with Gasteiger partial charge in [0.05, 0.1) is 0 Å². The summed E-state index contributed by atoms with van der Waals surface area (Å²) in [5, 5.41) is 19.8. The number of carbonyl (C=O) groups is 3. The third-order valence-electron chi connectivity index (χ3n) is 4.40. The van der Waals surface area contributed by atoms with Crippen molar-refractivity contribution >= 4 is 28.1 Å². The number of nitrogens with one attached hydrogen (secondary N) is 2. The van der Waals surface area contributed by atoms with Crippen LogP contribution < -0.4 is 21.9 Å². The summed E-state index contributed by atoms with van der Waals surface area (Å²) >= 11 is 0. The molecule has 1 aliphatic heterocycles. The van der Waals surface area contributed by atoms with Crippen molar-refractivity contribution < 1.29 is 27.9 Å². The molecule has 1 aromatic heterocycles. The van der Waals surface area contributed by atoms with E-state index < -0.39 is 21.9 Å². The molecule has 1 aromatic carbocycles. The number of carbonyl (C=O) groups excluding carboxylic acids is 2. The average Bonchev–Trinajstić information content (AvgIpc) is 3.28. The molecule has 1 saturated heterocycles. The van der Waals surface area contributed by atoms with Crippen molar-refractivity contribution in [2.45, 2.75) is 0 Å². The van der Waals surface area contributed by atoms with E-state index in [4.69, 9.17) is 5.14 Å². The number of rotatable bonds is 7. The molecule has 12 nitrogen and oxygen atoms in total. The lowest BCUT2D eigenvalue weighted by atomic mass is 10.0. The Morgan fingerprint density at radius 2 is 1.87 bits per heavy atom. The fourth-order valence-electron chi connectivity index (χ4n) is 3.00. The number of carboxylic acid groups (broad SMARTS) is 1. The van der Waals surface area contributed by atoms with Gasteiger partial charge in [-0.15, -0.1) is 0 Å². The van der Waals surface area contributed by atoms with Crippen molar-refractivity contribution in [1.82, 2.24) is 25.7 Å². The summed E-state index contributed by atoms with van der Waals surface area (Å²) in [5.74, 6) is -1.80. The molecule has 0 bridgehead atoms. The van der Waals surface area contributed by atoms with E-state index in [0.29, 0.717) is 34.7 Å². The lowest BCUT2D eigenvalue weighted by molar-refractivity contribution is 0.0689. The summed E-state index contributed by atoms with van der Waals surface area (Å²) in [6.45, 7) is 1.85. The molecule has 13 heteroatoms. The van der Waals surface area contributed by atoms with Gasteiger partial charge < -0.3 is 26.8 Å². The third-order valence-corrected chi connectivity index (χ3v) is 5.25. The molecule has 30 heavy (non-hydrogen) atoms. The lowest BCUT2D eigenvalue weighted by Gasteiger charge is -2.14. The maximum Gasteiger partial charge on any atom is 0.354 e. The molecule has 3 amide bonds. The molecule has 0 unspecified atom stereocenters. The van der Waals surface area contributed by atoms with Gasteiger partial charge in [0.2, 0.25) is 0 Å². The van der Waals surface area contributed by atoms with Crippen molar-refractivity contribution in [2.24, 2.45) is 5.14 Å². The van der Waals surface area contributed by atoms with Gasteiger partial charge in [-0.25, -0.2) is 18.7 Å². The highest BCUT2D eigenvalue weighted by Gasteiger charge is 2.23. The van der Waals surface area contributed by atoms with E-state index >= 15 is 0 Å². The van der Waals surface area contributed by atoms with Crippen LogP contribution in [0.25, 0.3) is 11.1 Å². The molecule has 0 radical (unpaired) electrons. The number of urea groups is 1. The minimum atomic E-state index is -4.27. The van der Waals surface area contributed by atoms with Gasteiger partial charge >= 0.3 is 22.2 Å². The minimum absolute atomic E-state index is 0. The fraction of sp³-hybridized carbons (Fsp3) is 0.235. The van der Waals surface area contributed by atoms with Gasteiger partial charge in [-0.3, -0.25) is 4.79 Å². The van der Waals surface area contributed by atoms with E-state index in [9.17, 15) is 27.9 Å². The van der Waals surface area contributed by atoms with Crippen molar-refractivity contribution in [1.29, 1.82) is 0 Å². The fourth-order valence-corrected chi connectivity index (χ4v) is 3.66. The van der Waals surface area contributed by atoms with Gasteiger partial charge in [0.15, 0.2) is 5.69 Å². The highest BCUT2D eigenvalue weighted by atomic mass is 32.2. The number of hydrogen-bond acceptors (Lipinski definition) is 6. The number of aromatic nitrogens is 1. The van der Waals surface area contributed by atoms with Crippen LogP contribution in [0.3, 0.4) is 0 Å². The zero-order valence-corrected chi connectivity index (χ0v) is 16.7. The molecule has 1 aliphatic rings. The summed E-state index contributed by atoms with van der Waals surface area (Å²) in [7, 11) is -4.27. The first-order valence-electron chi connectivity index (χ1n) is 8.58. The molecule has 2 aromatic rings. The smallest absolute Gasteiger partial charge is 0.354 e. The monoisotopic (exact) mass is 438 g/mol. The SMILES string of the molecule is N.NS(=O)(=O)n1ccc(-c2ccc(C(=O)NCCN3CCNC3=O)cc2)c1C(=O)O. The molecule has 8 N–H and O–H groups in total. The van der Waals surface area contributed by atoms with Gasteiger partial charge in [-0.05, 0) is 23.8 Å². The normalized spacial score (nSPS) is 13.5. The van der Waals surface area contributed by atoms with Gasteiger partial charge in [0.1, 0.15) is 0 Å². The summed E-state index contributed by atoms with van der Waals surface area (Å²) in [4.78, 5) is 36.8. The van der Waals surface area contributed by atoms with Gasteiger partial charge in [-0.1, -0.05) is 12.1 Å². The van der Waals surface area contributed by atoms with Gasteiger partial charge in [0, 0.05) is 43.5 Å². The molecule has 162 valence electrons. The molecule has 0 aliphatic carbocycles. The number of amides is 3. The number of aromatic carboxylic acids is 1. The van der Waals surface area contributed by atoms with E-state index in [2.05, 4.69) is 10.6 Å². The van der Waals surface area contributed by atoms with E-state index in [1.165, 1.54) is 30.3 Å². The van der Waals surface area contributed by atoms with Crippen LogP contribution in [-0.4, -0.2) is 66.5 Å². The van der Waals surface area contributed by atoms with Crippen LogP contribution in [0.4, 0.5) is 4.79 Å². The number of carboxylic acids is 1. The minimum Gasteiger partial charge on any atom is -0.477 e. The summed E-state index contributed by atoms with van der Waals surface area (Å²) < 4.78 is 23.6. The largest absolute Gasteiger partial charge is 0.477 e. The predicted molar refractivity (Wildman–Crippen MR) is 108 cm³/mol. The Hall–Kier alpha value is -3.42. The molecule has 0 atom stereocenters. The molecule has 0 spiro atoms. The zero-order valence-electron chi connectivity index (χ0n) is 15.9. The lowest BCUT2D eigenvalue weighted by Crippen LogP contribution is -2.36. The zero-order chi connectivity index (χ0) is 21.2. The maximum atomic E-state index is 12.2. The second-order valence-corrected chi connectivity index (χ2v) is 7.70. The second kappa shape index (κ2) is 8.94. The third kappa shape index (κ3) is 4.76. The van der Waals surface area contributed by atoms with E-state index in [0.717, 1.165) is 6.20 Å². The van der Waals surface area contributed by atoms with Crippen molar-refractivity contribution in [3.63, 3.8) is 0 Å². The Balaban J connectivity index is 0.00000320. The number of hydrogen-bond donors (Lipinski definition) is 5. The topological polar surface area (TPSA) is 199 Å². The van der Waals surface area contributed by atoms with Crippen LogP contribution in [0.1, 0.15) is 20.8 Å². The predicted octanol–water partition coefficient (Wildman–Crippen LogP) is -0.178. The first kappa shape index (κ1) is 22.9. The Labute approximate surface area is 172 Å². The first-order valence-corrected chi connectivity index (χ1v) is 10.1.